The Labute approximate surface area is 114 Å². The smallest absolute Gasteiger partial charge is 0.131 e. The fraction of sp³-hybridized carbons (Fsp3) is 0.294. The molecule has 2 aromatic rings. The lowest BCUT2D eigenvalue weighted by Gasteiger charge is -2.19. The Kier molecular flexibility index (Phi) is 4.33. The second-order valence-electron chi connectivity index (χ2n) is 5.02. The molecule has 2 heteroatoms. The molecule has 0 fully saturated rings. The van der Waals surface area contributed by atoms with Crippen molar-refractivity contribution in [2.24, 2.45) is 0 Å². The number of benzene rings is 2. The molecule has 100 valence electrons. The van der Waals surface area contributed by atoms with E-state index in [1.165, 1.54) is 5.57 Å². The summed E-state index contributed by atoms with van der Waals surface area (Å²) in [6.45, 7) is 5.98. The zero-order valence-electron chi connectivity index (χ0n) is 11.5. The van der Waals surface area contributed by atoms with Crippen molar-refractivity contribution >= 4 is 10.8 Å². The molecule has 1 atom stereocenters. The summed E-state index contributed by atoms with van der Waals surface area (Å²) >= 11 is 0. The average molecular weight is 257 g/mol. The Balaban J connectivity index is 2.43. The van der Waals surface area contributed by atoms with E-state index in [-0.39, 0.29) is 11.9 Å². The lowest BCUT2D eigenvalue weighted by molar-refractivity contribution is 0.550. The van der Waals surface area contributed by atoms with Crippen LogP contribution in [0.4, 0.5) is 4.39 Å². The molecule has 1 nitrogen and oxygen atoms in total. The van der Waals surface area contributed by atoms with Crippen LogP contribution in [0.1, 0.15) is 31.4 Å². The first-order valence-electron chi connectivity index (χ1n) is 6.62. The van der Waals surface area contributed by atoms with Crippen LogP contribution >= 0.6 is 0 Å². The number of rotatable bonds is 5. The van der Waals surface area contributed by atoms with Crippen molar-refractivity contribution in [1.29, 1.82) is 0 Å². The molecule has 0 saturated heterocycles. The van der Waals surface area contributed by atoms with Gasteiger partial charge in [-0.1, -0.05) is 35.9 Å². The molecule has 0 saturated carbocycles. The van der Waals surface area contributed by atoms with Crippen molar-refractivity contribution in [1.82, 2.24) is 5.32 Å². The summed E-state index contributed by atoms with van der Waals surface area (Å²) in [7, 11) is 1.95. The van der Waals surface area contributed by atoms with Crippen LogP contribution in [-0.4, -0.2) is 7.05 Å². The largest absolute Gasteiger partial charge is 0.313 e. The van der Waals surface area contributed by atoms with Gasteiger partial charge in [0.2, 0.25) is 0 Å². The number of halogens is 1. The molecule has 0 radical (unpaired) electrons. The molecule has 0 amide bonds. The van der Waals surface area contributed by atoms with Crippen molar-refractivity contribution in [2.75, 3.05) is 7.05 Å². The minimum Gasteiger partial charge on any atom is -0.313 e. The lowest BCUT2D eigenvalue weighted by atomic mass is 9.94. The van der Waals surface area contributed by atoms with E-state index in [9.17, 15) is 4.39 Å². The molecule has 1 unspecified atom stereocenters. The quantitative estimate of drug-likeness (QED) is 0.772. The molecule has 0 heterocycles. The maximum Gasteiger partial charge on any atom is 0.131 e. The third kappa shape index (κ3) is 3.02. The maximum atomic E-state index is 13.8. The Morgan fingerprint density at radius 1 is 1.21 bits per heavy atom. The van der Waals surface area contributed by atoms with Gasteiger partial charge in [-0.15, -0.1) is 6.58 Å². The van der Waals surface area contributed by atoms with Gasteiger partial charge in [0.1, 0.15) is 5.82 Å². The Morgan fingerprint density at radius 3 is 2.53 bits per heavy atom. The molecule has 0 bridgehead atoms. The highest BCUT2D eigenvalue weighted by Crippen LogP contribution is 2.29. The molecule has 0 spiro atoms. The number of fused-ring (bicyclic) bond motifs is 1. The molecule has 19 heavy (non-hydrogen) atoms. The summed E-state index contributed by atoms with van der Waals surface area (Å²) in [5.41, 5.74) is 2.33. The first kappa shape index (κ1) is 13.8. The van der Waals surface area contributed by atoms with Crippen LogP contribution < -0.4 is 5.32 Å². The van der Waals surface area contributed by atoms with Crippen molar-refractivity contribution in [3.05, 3.63) is 59.9 Å². The first-order chi connectivity index (χ1) is 9.13. The van der Waals surface area contributed by atoms with Crippen molar-refractivity contribution in [2.45, 2.75) is 25.8 Å². The van der Waals surface area contributed by atoms with E-state index in [1.807, 2.05) is 44.3 Å². The van der Waals surface area contributed by atoms with Crippen LogP contribution in [0.3, 0.4) is 0 Å². The zero-order chi connectivity index (χ0) is 13.8. The van der Waals surface area contributed by atoms with E-state index in [2.05, 4.69) is 11.9 Å². The number of hydrogen-bond acceptors (Lipinski definition) is 1. The van der Waals surface area contributed by atoms with E-state index >= 15 is 0 Å². The predicted molar refractivity (Wildman–Crippen MR) is 79.8 cm³/mol. The van der Waals surface area contributed by atoms with Crippen LogP contribution in [0.25, 0.3) is 10.8 Å². The molecular weight excluding hydrogens is 237 g/mol. The predicted octanol–water partition coefficient (Wildman–Crippen LogP) is 4.60. The maximum absolute atomic E-state index is 13.8. The highest BCUT2D eigenvalue weighted by molar-refractivity contribution is 5.86. The summed E-state index contributed by atoms with van der Waals surface area (Å²) in [6, 6.07) is 11.3. The van der Waals surface area contributed by atoms with E-state index < -0.39 is 0 Å². The van der Waals surface area contributed by atoms with Gasteiger partial charge in [0.25, 0.3) is 0 Å². The molecule has 2 aromatic carbocycles. The third-order valence-corrected chi connectivity index (χ3v) is 3.49. The second kappa shape index (κ2) is 5.98. The highest BCUT2D eigenvalue weighted by atomic mass is 19.1. The van der Waals surface area contributed by atoms with E-state index in [4.69, 9.17) is 0 Å². The summed E-state index contributed by atoms with van der Waals surface area (Å²) in [5, 5.41) is 5.00. The van der Waals surface area contributed by atoms with Gasteiger partial charge in [0, 0.05) is 11.4 Å². The topological polar surface area (TPSA) is 12.0 Å². The molecular formula is C17H20FN. The number of hydrogen-bond donors (Lipinski definition) is 1. The summed E-state index contributed by atoms with van der Waals surface area (Å²) in [5.74, 6) is -0.158. The van der Waals surface area contributed by atoms with Gasteiger partial charge in [-0.3, -0.25) is 0 Å². The minimum atomic E-state index is -0.158. The second-order valence-corrected chi connectivity index (χ2v) is 5.02. The minimum absolute atomic E-state index is 0.158. The molecule has 0 aromatic heterocycles. The zero-order valence-corrected chi connectivity index (χ0v) is 11.5. The molecule has 0 aliphatic heterocycles. The van der Waals surface area contributed by atoms with Gasteiger partial charge >= 0.3 is 0 Å². The third-order valence-electron chi connectivity index (χ3n) is 3.49. The Hall–Kier alpha value is -1.67. The SMILES string of the molecule is C=C(C)CCC(NC)c1ccc(F)c2ccccc12. The summed E-state index contributed by atoms with van der Waals surface area (Å²) in [4.78, 5) is 0. The standard InChI is InChI=1S/C17H20FN/c1-12(2)8-11-17(19-3)15-9-10-16(18)14-7-5-4-6-13(14)15/h4-7,9-10,17,19H,1,8,11H2,2-3H3. The molecule has 1 N–H and O–H groups in total. The fourth-order valence-corrected chi connectivity index (χ4v) is 2.44. The van der Waals surface area contributed by atoms with Gasteiger partial charge in [-0.05, 0) is 43.8 Å². The lowest BCUT2D eigenvalue weighted by Crippen LogP contribution is -2.16. The van der Waals surface area contributed by atoms with Gasteiger partial charge in [0.15, 0.2) is 0 Å². The highest BCUT2D eigenvalue weighted by Gasteiger charge is 2.13. The summed E-state index contributed by atoms with van der Waals surface area (Å²) in [6.07, 6.45) is 1.94. The van der Waals surface area contributed by atoms with E-state index in [0.29, 0.717) is 5.39 Å². The molecule has 0 aliphatic rings. The Bertz CT molecular complexity index is 589. The van der Waals surface area contributed by atoms with E-state index in [1.54, 1.807) is 6.07 Å². The summed E-state index contributed by atoms with van der Waals surface area (Å²) < 4.78 is 13.8. The van der Waals surface area contributed by atoms with Gasteiger partial charge in [0.05, 0.1) is 0 Å². The van der Waals surface area contributed by atoms with Crippen LogP contribution in [0.5, 0.6) is 0 Å². The van der Waals surface area contributed by atoms with Gasteiger partial charge < -0.3 is 5.32 Å². The van der Waals surface area contributed by atoms with Crippen LogP contribution in [0.15, 0.2) is 48.6 Å². The van der Waals surface area contributed by atoms with Crippen LogP contribution in [-0.2, 0) is 0 Å². The number of allylic oxidation sites excluding steroid dienone is 1. The van der Waals surface area contributed by atoms with Crippen molar-refractivity contribution < 1.29 is 4.39 Å². The van der Waals surface area contributed by atoms with Gasteiger partial charge in [-0.25, -0.2) is 4.39 Å². The van der Waals surface area contributed by atoms with Crippen LogP contribution in [0, 0.1) is 5.82 Å². The Morgan fingerprint density at radius 2 is 1.89 bits per heavy atom. The molecule has 0 aliphatic carbocycles. The van der Waals surface area contributed by atoms with Crippen molar-refractivity contribution in [3.8, 4) is 0 Å². The first-order valence-corrected chi connectivity index (χ1v) is 6.62. The normalized spacial score (nSPS) is 12.6. The van der Waals surface area contributed by atoms with Gasteiger partial charge in [-0.2, -0.15) is 0 Å². The number of nitrogens with one attached hydrogen (secondary N) is 1. The van der Waals surface area contributed by atoms with E-state index in [0.717, 1.165) is 23.8 Å². The fourth-order valence-electron chi connectivity index (χ4n) is 2.44. The molecule has 2 rings (SSSR count). The monoisotopic (exact) mass is 257 g/mol. The van der Waals surface area contributed by atoms with Crippen LogP contribution in [0.2, 0.25) is 0 Å². The average Bonchev–Trinajstić information content (AvgIpc) is 2.41. The van der Waals surface area contributed by atoms with Crippen molar-refractivity contribution in [3.63, 3.8) is 0 Å².